The number of aromatic nitrogens is 2. The van der Waals surface area contributed by atoms with Gasteiger partial charge in [0.25, 0.3) is 5.56 Å². The normalized spacial score (nSPS) is 24.6. The Morgan fingerprint density at radius 3 is 2.67 bits per heavy atom. The monoisotopic (exact) mass is 378 g/mol. The number of likely N-dealkylation sites (tertiary alicyclic amines) is 1. The molecule has 0 saturated carbocycles. The van der Waals surface area contributed by atoms with E-state index in [2.05, 4.69) is 14.9 Å². The summed E-state index contributed by atoms with van der Waals surface area (Å²) < 4.78 is 5.37. The summed E-state index contributed by atoms with van der Waals surface area (Å²) in [6, 6.07) is 0. The second kappa shape index (κ2) is 8.50. The summed E-state index contributed by atoms with van der Waals surface area (Å²) in [7, 11) is 0. The molecular weight excluding hydrogens is 348 g/mol. The number of amides is 1. The van der Waals surface area contributed by atoms with E-state index in [1.807, 2.05) is 0 Å². The van der Waals surface area contributed by atoms with Gasteiger partial charge in [-0.25, -0.2) is 4.98 Å². The highest BCUT2D eigenvalue weighted by molar-refractivity contribution is 5.79. The molecule has 2 aliphatic rings. The van der Waals surface area contributed by atoms with Gasteiger partial charge in [0.1, 0.15) is 5.82 Å². The average Bonchev–Trinajstić information content (AvgIpc) is 2.80. The topological polar surface area (TPSA) is 98.8 Å². The van der Waals surface area contributed by atoms with Crippen LogP contribution in [0, 0.1) is 13.8 Å². The zero-order valence-electron chi connectivity index (χ0n) is 16.3. The van der Waals surface area contributed by atoms with Gasteiger partial charge in [0.2, 0.25) is 5.91 Å². The molecule has 0 bridgehead atoms. The molecule has 27 heavy (non-hydrogen) atoms. The fourth-order valence-corrected chi connectivity index (χ4v) is 3.98. The first-order valence-corrected chi connectivity index (χ1v) is 9.73. The van der Waals surface area contributed by atoms with Gasteiger partial charge in [0, 0.05) is 44.0 Å². The molecule has 2 fully saturated rings. The lowest BCUT2D eigenvalue weighted by Crippen LogP contribution is -2.48. The van der Waals surface area contributed by atoms with E-state index in [1.54, 1.807) is 18.7 Å². The Kier molecular flexibility index (Phi) is 6.29. The van der Waals surface area contributed by atoms with Crippen LogP contribution >= 0.6 is 0 Å². The molecule has 0 radical (unpaired) electrons. The van der Waals surface area contributed by atoms with Crippen LogP contribution in [0.25, 0.3) is 0 Å². The number of aromatic amines is 1. The number of aryl methyl sites for hydroxylation is 2. The average molecular weight is 378 g/mol. The third-order valence-electron chi connectivity index (χ3n) is 5.56. The molecule has 2 aliphatic heterocycles. The van der Waals surface area contributed by atoms with Gasteiger partial charge in [0.15, 0.2) is 0 Å². The maximum absolute atomic E-state index is 12.7. The number of aliphatic hydroxyl groups is 1. The van der Waals surface area contributed by atoms with Crippen LogP contribution in [-0.2, 0) is 16.0 Å². The van der Waals surface area contributed by atoms with E-state index in [0.29, 0.717) is 62.8 Å². The summed E-state index contributed by atoms with van der Waals surface area (Å²) in [5.74, 6) is 0.474. The van der Waals surface area contributed by atoms with Crippen molar-refractivity contribution in [2.45, 2.75) is 45.1 Å². The van der Waals surface area contributed by atoms with E-state index in [1.165, 1.54) is 0 Å². The van der Waals surface area contributed by atoms with Crippen molar-refractivity contribution in [2.75, 3.05) is 45.9 Å². The van der Waals surface area contributed by atoms with Crippen molar-refractivity contribution >= 4 is 5.91 Å². The van der Waals surface area contributed by atoms with E-state index >= 15 is 0 Å². The van der Waals surface area contributed by atoms with Crippen molar-refractivity contribution in [3.05, 3.63) is 27.4 Å². The number of carbonyl (C=O) groups is 1. The standard InChI is InChI=1S/C19H30N4O4/c1-14-16(18(25)21-15(2)20-14)12-17(24)23-6-3-4-19(26,5-7-23)13-22-8-10-27-11-9-22/h26H,3-13H2,1-2H3,(H,20,21,25). The molecule has 1 unspecified atom stereocenters. The molecule has 8 nitrogen and oxygen atoms in total. The van der Waals surface area contributed by atoms with Gasteiger partial charge >= 0.3 is 0 Å². The first-order chi connectivity index (χ1) is 12.9. The molecule has 2 N–H and O–H groups in total. The Morgan fingerprint density at radius 1 is 1.22 bits per heavy atom. The fraction of sp³-hybridized carbons (Fsp3) is 0.737. The molecule has 1 amide bonds. The smallest absolute Gasteiger partial charge is 0.254 e. The summed E-state index contributed by atoms with van der Waals surface area (Å²) in [5.41, 5.74) is 0.0132. The maximum Gasteiger partial charge on any atom is 0.254 e. The van der Waals surface area contributed by atoms with Crippen LogP contribution in [0.5, 0.6) is 0 Å². The minimum atomic E-state index is -0.773. The van der Waals surface area contributed by atoms with E-state index < -0.39 is 5.60 Å². The number of morpholine rings is 1. The number of nitrogens with one attached hydrogen (secondary N) is 1. The number of β-amino-alcohol motifs (C(OH)–C–C–N with tert-alkyl or cyclic N) is 1. The second-order valence-electron chi connectivity index (χ2n) is 7.74. The SMILES string of the molecule is Cc1nc(C)c(CC(=O)N2CCCC(O)(CN3CCOCC3)CC2)c(=O)[nH]1. The zero-order chi connectivity index (χ0) is 19.4. The second-order valence-corrected chi connectivity index (χ2v) is 7.74. The van der Waals surface area contributed by atoms with Gasteiger partial charge in [-0.3, -0.25) is 14.5 Å². The Hall–Kier alpha value is -1.77. The highest BCUT2D eigenvalue weighted by Crippen LogP contribution is 2.24. The van der Waals surface area contributed by atoms with E-state index in [9.17, 15) is 14.7 Å². The Bertz CT molecular complexity index is 729. The van der Waals surface area contributed by atoms with Crippen LogP contribution in [0.15, 0.2) is 4.79 Å². The van der Waals surface area contributed by atoms with Gasteiger partial charge in [-0.1, -0.05) is 0 Å². The van der Waals surface area contributed by atoms with Crippen LogP contribution < -0.4 is 5.56 Å². The molecule has 0 aliphatic carbocycles. The van der Waals surface area contributed by atoms with Crippen molar-refractivity contribution in [2.24, 2.45) is 0 Å². The third-order valence-corrected chi connectivity index (χ3v) is 5.56. The summed E-state index contributed by atoms with van der Waals surface area (Å²) in [4.78, 5) is 35.8. The van der Waals surface area contributed by atoms with Crippen molar-refractivity contribution < 1.29 is 14.6 Å². The molecule has 1 atom stereocenters. The zero-order valence-corrected chi connectivity index (χ0v) is 16.3. The maximum atomic E-state index is 12.7. The van der Waals surface area contributed by atoms with Crippen LogP contribution in [0.3, 0.4) is 0 Å². The number of rotatable bonds is 4. The van der Waals surface area contributed by atoms with Crippen LogP contribution in [0.4, 0.5) is 0 Å². The van der Waals surface area contributed by atoms with Gasteiger partial charge < -0.3 is 19.7 Å². The Balaban J connectivity index is 1.60. The minimum absolute atomic E-state index is 0.0519. The highest BCUT2D eigenvalue weighted by Gasteiger charge is 2.33. The van der Waals surface area contributed by atoms with E-state index in [-0.39, 0.29) is 17.9 Å². The molecule has 1 aromatic rings. The summed E-state index contributed by atoms with van der Waals surface area (Å²) in [6.45, 7) is 8.33. The van der Waals surface area contributed by atoms with E-state index in [0.717, 1.165) is 19.5 Å². The molecule has 8 heteroatoms. The van der Waals surface area contributed by atoms with Crippen LogP contribution in [0.2, 0.25) is 0 Å². The van der Waals surface area contributed by atoms with E-state index in [4.69, 9.17) is 4.74 Å². The molecule has 3 rings (SSSR count). The summed E-state index contributed by atoms with van der Waals surface area (Å²) >= 11 is 0. The van der Waals surface area contributed by atoms with Crippen molar-refractivity contribution in [3.63, 3.8) is 0 Å². The predicted octanol–water partition coefficient (Wildman–Crippen LogP) is 0.00504. The molecule has 2 saturated heterocycles. The van der Waals surface area contributed by atoms with Gasteiger partial charge in [0.05, 0.1) is 25.2 Å². The number of H-pyrrole nitrogens is 1. The molecule has 0 spiro atoms. The Labute approximate surface area is 159 Å². The molecule has 0 aromatic carbocycles. The Morgan fingerprint density at radius 2 is 1.96 bits per heavy atom. The van der Waals surface area contributed by atoms with Gasteiger partial charge in [-0.2, -0.15) is 0 Å². The lowest BCUT2D eigenvalue weighted by atomic mass is 9.94. The highest BCUT2D eigenvalue weighted by atomic mass is 16.5. The lowest BCUT2D eigenvalue weighted by Gasteiger charge is -2.35. The number of hydrogen-bond donors (Lipinski definition) is 2. The number of carbonyl (C=O) groups excluding carboxylic acids is 1. The van der Waals surface area contributed by atoms with Gasteiger partial charge in [-0.05, 0) is 33.1 Å². The first-order valence-electron chi connectivity index (χ1n) is 9.73. The van der Waals surface area contributed by atoms with Crippen molar-refractivity contribution in [1.82, 2.24) is 19.8 Å². The van der Waals surface area contributed by atoms with Crippen LogP contribution in [0.1, 0.15) is 36.3 Å². The molecule has 1 aromatic heterocycles. The van der Waals surface area contributed by atoms with Crippen molar-refractivity contribution in [3.8, 4) is 0 Å². The number of hydrogen-bond acceptors (Lipinski definition) is 6. The molecule has 3 heterocycles. The van der Waals surface area contributed by atoms with Gasteiger partial charge in [-0.15, -0.1) is 0 Å². The quantitative estimate of drug-likeness (QED) is 0.766. The number of nitrogens with zero attached hydrogens (tertiary/aromatic N) is 3. The van der Waals surface area contributed by atoms with Crippen molar-refractivity contribution in [1.29, 1.82) is 0 Å². The number of ether oxygens (including phenoxy) is 1. The predicted molar refractivity (Wildman–Crippen MR) is 101 cm³/mol. The largest absolute Gasteiger partial charge is 0.388 e. The third kappa shape index (κ3) is 5.15. The fourth-order valence-electron chi connectivity index (χ4n) is 3.98. The summed E-state index contributed by atoms with van der Waals surface area (Å²) in [5, 5.41) is 11.0. The minimum Gasteiger partial charge on any atom is -0.388 e. The molecule has 150 valence electrons. The summed E-state index contributed by atoms with van der Waals surface area (Å²) in [6.07, 6.45) is 2.04. The lowest BCUT2D eigenvalue weighted by molar-refractivity contribution is -0.130. The van der Waals surface area contributed by atoms with Crippen LogP contribution in [-0.4, -0.2) is 82.3 Å². The first kappa shape index (κ1) is 20.0. The molecular formula is C19H30N4O4.